The molecule has 3 heteroatoms. The van der Waals surface area contributed by atoms with Gasteiger partial charge in [-0.15, -0.1) is 0 Å². The number of aryl methyl sites for hydroxylation is 1. The molecule has 3 nitrogen and oxygen atoms in total. The van der Waals surface area contributed by atoms with Crippen LogP contribution in [0.15, 0.2) is 12.1 Å². The molecule has 1 aromatic rings. The van der Waals surface area contributed by atoms with Gasteiger partial charge in [0.25, 0.3) is 0 Å². The van der Waals surface area contributed by atoms with Crippen molar-refractivity contribution in [3.8, 4) is 11.8 Å². The van der Waals surface area contributed by atoms with Crippen molar-refractivity contribution in [1.82, 2.24) is 0 Å². The second-order valence-corrected chi connectivity index (χ2v) is 3.86. The number of hydrogen-bond acceptors (Lipinski definition) is 3. The molecule has 0 saturated heterocycles. The Kier molecular flexibility index (Phi) is 2.61. The van der Waals surface area contributed by atoms with Crippen LogP contribution < -0.4 is 10.5 Å². The Morgan fingerprint density at radius 2 is 2.33 bits per heavy atom. The fourth-order valence-corrected chi connectivity index (χ4v) is 2.13. The first kappa shape index (κ1) is 10.0. The molecule has 0 saturated carbocycles. The predicted octanol–water partition coefficient (Wildman–Crippen LogP) is 1.90. The number of benzene rings is 1. The Balaban J connectivity index is 2.54. The first-order chi connectivity index (χ1) is 7.26. The van der Waals surface area contributed by atoms with Crippen molar-refractivity contribution in [2.24, 2.45) is 5.73 Å². The van der Waals surface area contributed by atoms with Crippen LogP contribution in [0.5, 0.6) is 5.75 Å². The Morgan fingerprint density at radius 3 is 3.00 bits per heavy atom. The summed E-state index contributed by atoms with van der Waals surface area (Å²) >= 11 is 0. The van der Waals surface area contributed by atoms with Crippen molar-refractivity contribution in [1.29, 1.82) is 5.26 Å². The third kappa shape index (κ3) is 1.69. The minimum absolute atomic E-state index is 0.0930. The molecule has 0 unspecified atom stereocenters. The van der Waals surface area contributed by atoms with Crippen LogP contribution in [0, 0.1) is 11.3 Å². The van der Waals surface area contributed by atoms with E-state index in [4.69, 9.17) is 15.7 Å². The van der Waals surface area contributed by atoms with Crippen molar-refractivity contribution < 1.29 is 4.74 Å². The number of nitrogens with zero attached hydrogens (tertiary/aromatic N) is 1. The van der Waals surface area contributed by atoms with Gasteiger partial charge in [0.05, 0.1) is 12.7 Å². The number of hydrogen-bond donors (Lipinski definition) is 1. The van der Waals surface area contributed by atoms with Crippen LogP contribution in [-0.4, -0.2) is 7.11 Å². The number of nitriles is 1. The molecule has 0 fully saturated rings. The van der Waals surface area contributed by atoms with Crippen LogP contribution in [0.1, 0.15) is 35.6 Å². The van der Waals surface area contributed by atoms with E-state index in [0.717, 1.165) is 24.8 Å². The van der Waals surface area contributed by atoms with E-state index >= 15 is 0 Å². The molecule has 0 aliphatic heterocycles. The van der Waals surface area contributed by atoms with Crippen molar-refractivity contribution >= 4 is 0 Å². The first-order valence-corrected chi connectivity index (χ1v) is 5.12. The highest BCUT2D eigenvalue weighted by molar-refractivity contribution is 5.50. The van der Waals surface area contributed by atoms with Crippen LogP contribution in [0.25, 0.3) is 0 Å². The molecular formula is C12H14N2O. The molecule has 1 atom stereocenters. The average molecular weight is 202 g/mol. The van der Waals surface area contributed by atoms with Gasteiger partial charge < -0.3 is 10.5 Å². The van der Waals surface area contributed by atoms with Crippen molar-refractivity contribution in [3.63, 3.8) is 0 Å². The first-order valence-electron chi connectivity index (χ1n) is 5.12. The SMILES string of the molecule is COc1cc2c(cc1C#N)CCC[C@H]2N. The average Bonchev–Trinajstić information content (AvgIpc) is 2.28. The number of fused-ring (bicyclic) bond motifs is 1. The standard InChI is InChI=1S/C12H14N2O/c1-15-12-6-10-8(5-9(12)7-13)3-2-4-11(10)14/h5-6,11H,2-4,14H2,1H3/t11-/m1/s1. The molecule has 78 valence electrons. The number of nitrogens with two attached hydrogens (primary N) is 1. The minimum atomic E-state index is 0.0930. The normalized spacial score (nSPS) is 19.1. The third-order valence-electron chi connectivity index (χ3n) is 2.94. The third-order valence-corrected chi connectivity index (χ3v) is 2.94. The van der Waals surface area contributed by atoms with E-state index in [1.165, 1.54) is 5.56 Å². The Bertz CT molecular complexity index is 420. The topological polar surface area (TPSA) is 59.0 Å². The van der Waals surface area contributed by atoms with E-state index in [1.807, 2.05) is 12.1 Å². The fraction of sp³-hybridized carbons (Fsp3) is 0.417. The van der Waals surface area contributed by atoms with Crippen LogP contribution >= 0.6 is 0 Å². The van der Waals surface area contributed by atoms with E-state index < -0.39 is 0 Å². The number of ether oxygens (including phenoxy) is 1. The van der Waals surface area contributed by atoms with Crippen LogP contribution in [0.3, 0.4) is 0 Å². The van der Waals surface area contributed by atoms with E-state index in [2.05, 4.69) is 6.07 Å². The van der Waals surface area contributed by atoms with Gasteiger partial charge in [0.1, 0.15) is 11.8 Å². The summed E-state index contributed by atoms with van der Waals surface area (Å²) in [5.74, 6) is 0.633. The molecule has 0 spiro atoms. The van der Waals surface area contributed by atoms with Gasteiger partial charge in [-0.3, -0.25) is 0 Å². The Labute approximate surface area is 89.5 Å². The van der Waals surface area contributed by atoms with Crippen molar-refractivity contribution in [3.05, 3.63) is 28.8 Å². The Hall–Kier alpha value is -1.53. The van der Waals surface area contributed by atoms with Gasteiger partial charge in [-0.25, -0.2) is 0 Å². The largest absolute Gasteiger partial charge is 0.495 e. The molecule has 2 N–H and O–H groups in total. The summed E-state index contributed by atoms with van der Waals surface area (Å²) in [7, 11) is 1.58. The molecule has 1 aromatic carbocycles. The van der Waals surface area contributed by atoms with Gasteiger partial charge in [0.2, 0.25) is 0 Å². The highest BCUT2D eigenvalue weighted by Crippen LogP contribution is 2.32. The maximum absolute atomic E-state index is 8.96. The minimum Gasteiger partial charge on any atom is -0.495 e. The van der Waals surface area contributed by atoms with Crippen LogP contribution in [0.2, 0.25) is 0 Å². The summed E-state index contributed by atoms with van der Waals surface area (Å²) in [5, 5.41) is 8.96. The summed E-state index contributed by atoms with van der Waals surface area (Å²) < 4.78 is 5.17. The second-order valence-electron chi connectivity index (χ2n) is 3.86. The molecule has 0 radical (unpaired) electrons. The van der Waals surface area contributed by atoms with Gasteiger partial charge >= 0.3 is 0 Å². The summed E-state index contributed by atoms with van der Waals surface area (Å²) in [6.07, 6.45) is 3.13. The molecule has 0 aromatic heterocycles. The Morgan fingerprint density at radius 1 is 1.53 bits per heavy atom. The van der Waals surface area contributed by atoms with Crippen LogP contribution in [0.4, 0.5) is 0 Å². The summed E-state index contributed by atoms with van der Waals surface area (Å²) in [4.78, 5) is 0. The maximum Gasteiger partial charge on any atom is 0.136 e. The van der Waals surface area contributed by atoms with Crippen molar-refractivity contribution in [2.75, 3.05) is 7.11 Å². The summed E-state index contributed by atoms with van der Waals surface area (Å²) in [6, 6.07) is 6.06. The molecule has 2 rings (SSSR count). The lowest BCUT2D eigenvalue weighted by molar-refractivity contribution is 0.411. The lowest BCUT2D eigenvalue weighted by Crippen LogP contribution is -2.17. The second kappa shape index (κ2) is 3.92. The highest BCUT2D eigenvalue weighted by atomic mass is 16.5. The fourth-order valence-electron chi connectivity index (χ4n) is 2.13. The van der Waals surface area contributed by atoms with Gasteiger partial charge in [-0.1, -0.05) is 0 Å². The zero-order valence-electron chi connectivity index (χ0n) is 8.79. The van der Waals surface area contributed by atoms with Gasteiger partial charge in [0, 0.05) is 6.04 Å². The van der Waals surface area contributed by atoms with Crippen molar-refractivity contribution in [2.45, 2.75) is 25.3 Å². The molecule has 15 heavy (non-hydrogen) atoms. The van der Waals surface area contributed by atoms with E-state index in [-0.39, 0.29) is 6.04 Å². The summed E-state index contributed by atoms with van der Waals surface area (Å²) in [5.41, 5.74) is 8.96. The van der Waals surface area contributed by atoms with E-state index in [1.54, 1.807) is 7.11 Å². The molecule has 1 aliphatic rings. The number of rotatable bonds is 1. The van der Waals surface area contributed by atoms with Crippen LogP contribution in [-0.2, 0) is 6.42 Å². The molecular weight excluding hydrogens is 188 g/mol. The zero-order valence-corrected chi connectivity index (χ0v) is 8.79. The molecule has 0 bridgehead atoms. The maximum atomic E-state index is 8.96. The highest BCUT2D eigenvalue weighted by Gasteiger charge is 2.19. The zero-order chi connectivity index (χ0) is 10.8. The van der Waals surface area contributed by atoms with Gasteiger partial charge in [-0.05, 0) is 42.5 Å². The monoisotopic (exact) mass is 202 g/mol. The lowest BCUT2D eigenvalue weighted by Gasteiger charge is -2.23. The summed E-state index contributed by atoms with van der Waals surface area (Å²) in [6.45, 7) is 0. The van der Waals surface area contributed by atoms with Gasteiger partial charge in [-0.2, -0.15) is 5.26 Å². The van der Waals surface area contributed by atoms with Gasteiger partial charge in [0.15, 0.2) is 0 Å². The molecule has 0 amide bonds. The lowest BCUT2D eigenvalue weighted by atomic mass is 9.87. The predicted molar refractivity (Wildman–Crippen MR) is 57.6 cm³/mol. The smallest absolute Gasteiger partial charge is 0.136 e. The molecule has 0 heterocycles. The quantitative estimate of drug-likeness (QED) is 0.756. The van der Waals surface area contributed by atoms with E-state index in [0.29, 0.717) is 11.3 Å². The molecule has 1 aliphatic carbocycles. The van der Waals surface area contributed by atoms with E-state index in [9.17, 15) is 0 Å². The number of methoxy groups -OCH3 is 1.